The molecule has 0 amide bonds. The molecule has 0 atom stereocenters. The van der Waals surface area contributed by atoms with Gasteiger partial charge in [0.05, 0.1) is 0 Å². The molecule has 0 aliphatic heterocycles. The van der Waals surface area contributed by atoms with Crippen LogP contribution in [-0.2, 0) is 0 Å². The van der Waals surface area contributed by atoms with Crippen LogP contribution in [0.15, 0.2) is 0 Å². The third-order valence-corrected chi connectivity index (χ3v) is 11.9. The summed E-state index contributed by atoms with van der Waals surface area (Å²) in [5, 5.41) is -1.34. The van der Waals surface area contributed by atoms with Crippen LogP contribution >= 0.6 is 20.8 Å². The number of hydrogen-bond donors (Lipinski definition) is 0. The van der Waals surface area contributed by atoms with E-state index in [4.69, 9.17) is 0 Å². The van der Waals surface area contributed by atoms with Crippen LogP contribution < -0.4 is 0 Å². The third-order valence-electron chi connectivity index (χ3n) is 2.61. The van der Waals surface area contributed by atoms with Gasteiger partial charge in [-0.2, -0.15) is 0 Å². The molecule has 0 spiro atoms. The van der Waals surface area contributed by atoms with Crippen molar-refractivity contribution in [1.29, 1.82) is 0 Å². The molecular weight excluding hydrogens is 207 g/mol. The Hall–Kier alpha value is 0.910. The zero-order chi connectivity index (χ0) is 8.28. The van der Waals surface area contributed by atoms with Crippen LogP contribution in [0, 0.1) is 0 Å². The molecule has 10 heavy (non-hydrogen) atoms. The molecule has 0 heterocycles. The van der Waals surface area contributed by atoms with Crippen molar-refractivity contribution in [2.45, 2.75) is 27.2 Å². The Morgan fingerprint density at radius 1 is 1.10 bits per heavy atom. The molecular formula is C8H20BrP. The minimum atomic E-state index is -1.34. The Balaban J connectivity index is 4.19. The Morgan fingerprint density at radius 2 is 1.50 bits per heavy atom. The summed E-state index contributed by atoms with van der Waals surface area (Å²) in [5.74, 6) is 0. The number of halogens is 1. The van der Waals surface area contributed by atoms with Crippen molar-refractivity contribution in [3.05, 3.63) is 0 Å². The van der Waals surface area contributed by atoms with E-state index in [9.17, 15) is 0 Å². The van der Waals surface area contributed by atoms with Crippen molar-refractivity contribution in [1.82, 2.24) is 0 Å². The molecule has 0 nitrogen and oxygen atoms in total. The van der Waals surface area contributed by atoms with Crippen molar-refractivity contribution >= 4 is 20.8 Å². The first-order valence-electron chi connectivity index (χ1n) is 4.19. The molecule has 0 N–H and O–H groups in total. The van der Waals surface area contributed by atoms with E-state index in [1.165, 1.54) is 24.9 Å². The fourth-order valence-electron chi connectivity index (χ4n) is 1.16. The van der Waals surface area contributed by atoms with E-state index in [0.717, 1.165) is 0 Å². The van der Waals surface area contributed by atoms with Crippen molar-refractivity contribution in [3.8, 4) is 0 Å². The van der Waals surface area contributed by atoms with Crippen LogP contribution in [0.25, 0.3) is 0 Å². The second kappa shape index (κ2) is 3.54. The average molecular weight is 227 g/mol. The van der Waals surface area contributed by atoms with Gasteiger partial charge in [0, 0.05) is 0 Å². The molecule has 0 aromatic carbocycles. The van der Waals surface area contributed by atoms with Crippen molar-refractivity contribution < 1.29 is 0 Å². The quantitative estimate of drug-likeness (QED) is 0.638. The molecule has 0 unspecified atom stereocenters. The Kier molecular flexibility index (Phi) is 3.86. The molecule has 2 heteroatoms. The van der Waals surface area contributed by atoms with E-state index >= 15 is 0 Å². The maximum absolute atomic E-state index is 3.98. The first-order chi connectivity index (χ1) is 4.46. The van der Waals surface area contributed by atoms with E-state index in [1.807, 2.05) is 0 Å². The molecule has 0 saturated carbocycles. The maximum atomic E-state index is 3.98. The fraction of sp³-hybridized carbons (Fsp3) is 1.00. The van der Waals surface area contributed by atoms with E-state index in [2.05, 4.69) is 42.9 Å². The zero-order valence-corrected chi connectivity index (χ0v) is 10.1. The first-order valence-corrected chi connectivity index (χ1v) is 9.44. The molecule has 0 radical (unpaired) electrons. The van der Waals surface area contributed by atoms with E-state index in [1.54, 1.807) is 0 Å². The fourth-order valence-corrected chi connectivity index (χ4v) is 4.56. The number of hydrogen-bond acceptors (Lipinski definition) is 0. The van der Waals surface area contributed by atoms with Gasteiger partial charge in [-0.1, -0.05) is 0 Å². The van der Waals surface area contributed by atoms with Crippen molar-refractivity contribution in [3.63, 3.8) is 0 Å². The second-order valence-electron chi connectivity index (χ2n) is 3.50. The predicted molar refractivity (Wildman–Crippen MR) is 58.0 cm³/mol. The van der Waals surface area contributed by atoms with Crippen LogP contribution in [0.2, 0.25) is 0 Å². The second-order valence-corrected chi connectivity index (χ2v) is 16.2. The van der Waals surface area contributed by atoms with Crippen molar-refractivity contribution in [2.24, 2.45) is 0 Å². The first kappa shape index (κ1) is 10.9. The SMILES string of the molecule is CCCP(C)(Br)(CC)CC. The van der Waals surface area contributed by atoms with Gasteiger partial charge in [-0.3, -0.25) is 0 Å². The predicted octanol–water partition coefficient (Wildman–Crippen LogP) is 3.93. The van der Waals surface area contributed by atoms with Crippen LogP contribution in [0.1, 0.15) is 27.2 Å². The van der Waals surface area contributed by atoms with Crippen LogP contribution in [-0.4, -0.2) is 25.2 Å². The van der Waals surface area contributed by atoms with Gasteiger partial charge in [-0.25, -0.2) is 0 Å². The van der Waals surface area contributed by atoms with Gasteiger partial charge in [-0.05, 0) is 0 Å². The summed E-state index contributed by atoms with van der Waals surface area (Å²) >= 11 is 3.98. The van der Waals surface area contributed by atoms with Crippen LogP contribution in [0.3, 0.4) is 0 Å². The van der Waals surface area contributed by atoms with Crippen LogP contribution in [0.4, 0.5) is 0 Å². The number of rotatable bonds is 4. The third kappa shape index (κ3) is 2.88. The molecule has 0 aliphatic rings. The Labute approximate surface area is 73.4 Å². The van der Waals surface area contributed by atoms with Gasteiger partial charge in [0.2, 0.25) is 0 Å². The molecule has 0 fully saturated rings. The summed E-state index contributed by atoms with van der Waals surface area (Å²) in [6.07, 6.45) is 5.41. The van der Waals surface area contributed by atoms with Gasteiger partial charge < -0.3 is 0 Å². The monoisotopic (exact) mass is 226 g/mol. The van der Waals surface area contributed by atoms with Crippen LogP contribution in [0.5, 0.6) is 0 Å². The summed E-state index contributed by atoms with van der Waals surface area (Å²) < 4.78 is 0. The average Bonchev–Trinajstić information content (AvgIpc) is 1.90. The topological polar surface area (TPSA) is 0 Å². The normalized spacial score (nSPS) is 16.3. The molecule has 0 aromatic heterocycles. The van der Waals surface area contributed by atoms with E-state index < -0.39 is 5.31 Å². The molecule has 0 saturated heterocycles. The van der Waals surface area contributed by atoms with Gasteiger partial charge in [-0.15, -0.1) is 0 Å². The molecule has 0 aliphatic carbocycles. The zero-order valence-electron chi connectivity index (χ0n) is 7.65. The molecule has 0 bridgehead atoms. The van der Waals surface area contributed by atoms with Gasteiger partial charge in [0.25, 0.3) is 0 Å². The summed E-state index contributed by atoms with van der Waals surface area (Å²) in [6, 6.07) is 0. The van der Waals surface area contributed by atoms with Crippen molar-refractivity contribution in [2.75, 3.05) is 25.2 Å². The summed E-state index contributed by atoms with van der Waals surface area (Å²) in [4.78, 5) is 0. The Morgan fingerprint density at radius 3 is 1.60 bits per heavy atom. The standard InChI is InChI=1S/C8H20BrP/c1-5-8-10(4,9,6-2)7-3/h5-8H2,1-4H3. The molecule has 64 valence electrons. The van der Waals surface area contributed by atoms with E-state index in [0.29, 0.717) is 0 Å². The van der Waals surface area contributed by atoms with E-state index in [-0.39, 0.29) is 0 Å². The summed E-state index contributed by atoms with van der Waals surface area (Å²) in [7, 11) is 0. The van der Waals surface area contributed by atoms with Gasteiger partial charge >= 0.3 is 73.1 Å². The Bertz CT molecular complexity index is 102. The molecule has 0 rings (SSSR count). The molecule has 0 aromatic rings. The van der Waals surface area contributed by atoms with Gasteiger partial charge in [0.15, 0.2) is 0 Å². The minimum absolute atomic E-state index is 1.32. The van der Waals surface area contributed by atoms with Gasteiger partial charge in [0.1, 0.15) is 0 Å². The summed E-state index contributed by atoms with van der Waals surface area (Å²) in [5.41, 5.74) is 0. The summed E-state index contributed by atoms with van der Waals surface area (Å²) in [6.45, 7) is 9.35.